The Kier molecular flexibility index (Phi) is 4.90. The molecule has 1 N–H and O–H groups in total. The minimum Gasteiger partial charge on any atom is -0.371 e. The number of nitro groups is 1. The Morgan fingerprint density at radius 2 is 1.92 bits per heavy atom. The van der Waals surface area contributed by atoms with E-state index in [9.17, 15) is 14.9 Å². The summed E-state index contributed by atoms with van der Waals surface area (Å²) >= 11 is 6.00. The number of carbonyl (C=O) groups excluding carboxylic acids is 1. The predicted octanol–water partition coefficient (Wildman–Crippen LogP) is 4.41. The molecule has 6 nitrogen and oxygen atoms in total. The largest absolute Gasteiger partial charge is 0.371 e. The lowest BCUT2D eigenvalue weighted by molar-refractivity contribution is -0.384. The van der Waals surface area contributed by atoms with E-state index in [-0.39, 0.29) is 11.6 Å². The zero-order valence-electron chi connectivity index (χ0n) is 13.8. The van der Waals surface area contributed by atoms with Crippen LogP contribution in [0, 0.1) is 17.0 Å². The number of nitrogens with one attached hydrogen (secondary N) is 1. The molecule has 1 fully saturated rings. The molecule has 2 aromatic carbocycles. The molecule has 0 saturated carbocycles. The minimum absolute atomic E-state index is 0.101. The number of non-ortho nitro benzene ring substituents is 1. The van der Waals surface area contributed by atoms with Crippen LogP contribution in [0.1, 0.15) is 28.8 Å². The number of hydrogen-bond acceptors (Lipinski definition) is 4. The number of nitrogens with zero attached hydrogens (tertiary/aromatic N) is 2. The van der Waals surface area contributed by atoms with Crippen LogP contribution in [-0.4, -0.2) is 23.9 Å². The smallest absolute Gasteiger partial charge is 0.270 e. The Hall–Kier alpha value is -2.60. The van der Waals surface area contributed by atoms with Crippen LogP contribution in [0.2, 0.25) is 5.02 Å². The number of amides is 1. The summed E-state index contributed by atoms with van der Waals surface area (Å²) < 4.78 is 0. The van der Waals surface area contributed by atoms with Crippen molar-refractivity contribution in [3.63, 3.8) is 0 Å². The van der Waals surface area contributed by atoms with Crippen molar-refractivity contribution >= 4 is 34.6 Å². The summed E-state index contributed by atoms with van der Waals surface area (Å²) in [4.78, 5) is 25.5. The molecule has 0 spiro atoms. The normalized spacial score (nSPS) is 13.8. The van der Waals surface area contributed by atoms with Crippen LogP contribution in [0.4, 0.5) is 17.1 Å². The van der Waals surface area contributed by atoms with E-state index in [0.717, 1.165) is 37.2 Å². The molecule has 3 rings (SSSR count). The average Bonchev–Trinajstić information content (AvgIpc) is 3.12. The molecule has 0 radical (unpaired) electrons. The van der Waals surface area contributed by atoms with E-state index in [2.05, 4.69) is 10.2 Å². The first kappa shape index (κ1) is 17.2. The average molecular weight is 360 g/mol. The molecule has 0 unspecified atom stereocenters. The van der Waals surface area contributed by atoms with Gasteiger partial charge in [-0.05, 0) is 43.5 Å². The van der Waals surface area contributed by atoms with Crippen LogP contribution in [0.25, 0.3) is 0 Å². The van der Waals surface area contributed by atoms with Crippen LogP contribution in [-0.2, 0) is 0 Å². The van der Waals surface area contributed by atoms with E-state index in [1.54, 1.807) is 18.2 Å². The third-order valence-corrected chi connectivity index (χ3v) is 4.57. The molecule has 130 valence electrons. The molecule has 1 saturated heterocycles. The van der Waals surface area contributed by atoms with Gasteiger partial charge in [-0.3, -0.25) is 14.9 Å². The van der Waals surface area contributed by atoms with Gasteiger partial charge in [-0.15, -0.1) is 0 Å². The molecule has 25 heavy (non-hydrogen) atoms. The van der Waals surface area contributed by atoms with Gasteiger partial charge in [0.1, 0.15) is 0 Å². The van der Waals surface area contributed by atoms with E-state index < -0.39 is 4.92 Å². The number of aryl methyl sites for hydroxylation is 1. The lowest BCUT2D eigenvalue weighted by Gasteiger charge is -2.21. The van der Waals surface area contributed by atoms with Gasteiger partial charge in [-0.2, -0.15) is 0 Å². The zero-order valence-corrected chi connectivity index (χ0v) is 14.5. The lowest BCUT2D eigenvalue weighted by Crippen LogP contribution is -2.23. The predicted molar refractivity (Wildman–Crippen MR) is 98.7 cm³/mol. The van der Waals surface area contributed by atoms with E-state index in [4.69, 9.17) is 11.6 Å². The summed E-state index contributed by atoms with van der Waals surface area (Å²) in [5.41, 5.74) is 2.38. The molecule has 0 aromatic heterocycles. The zero-order chi connectivity index (χ0) is 18.0. The molecule has 1 heterocycles. The standard InChI is InChI=1S/C18H18ClN3O3/c1-12-4-5-13(19)10-16(12)20-18(23)15-11-14(22(24)25)6-7-17(15)21-8-2-3-9-21/h4-7,10-11H,2-3,8-9H2,1H3,(H,20,23). The molecule has 2 aromatic rings. The van der Waals surface area contributed by atoms with Crippen molar-refractivity contribution in [1.29, 1.82) is 0 Å². The van der Waals surface area contributed by atoms with Gasteiger partial charge in [-0.25, -0.2) is 0 Å². The number of hydrogen-bond donors (Lipinski definition) is 1. The summed E-state index contributed by atoms with van der Waals surface area (Å²) in [5.74, 6) is -0.379. The van der Waals surface area contributed by atoms with Crippen LogP contribution in [0.15, 0.2) is 36.4 Å². The van der Waals surface area contributed by atoms with Crippen LogP contribution < -0.4 is 10.2 Å². The van der Waals surface area contributed by atoms with Gasteiger partial charge >= 0.3 is 0 Å². The monoisotopic (exact) mass is 359 g/mol. The number of halogens is 1. The number of rotatable bonds is 4. The Morgan fingerprint density at radius 1 is 1.20 bits per heavy atom. The van der Waals surface area contributed by atoms with Crippen molar-refractivity contribution in [2.75, 3.05) is 23.3 Å². The van der Waals surface area contributed by atoms with Gasteiger partial charge in [0, 0.05) is 35.9 Å². The van der Waals surface area contributed by atoms with Gasteiger partial charge in [0.15, 0.2) is 0 Å². The summed E-state index contributed by atoms with van der Waals surface area (Å²) in [6.45, 7) is 3.54. The summed E-state index contributed by atoms with van der Waals surface area (Å²) in [6, 6.07) is 9.66. The van der Waals surface area contributed by atoms with Crippen molar-refractivity contribution in [3.05, 3.63) is 62.7 Å². The Morgan fingerprint density at radius 3 is 2.60 bits per heavy atom. The van der Waals surface area contributed by atoms with E-state index in [0.29, 0.717) is 16.3 Å². The van der Waals surface area contributed by atoms with Crippen molar-refractivity contribution in [2.45, 2.75) is 19.8 Å². The second-order valence-corrected chi connectivity index (χ2v) is 6.50. The third kappa shape index (κ3) is 3.74. The summed E-state index contributed by atoms with van der Waals surface area (Å²) in [5, 5.41) is 14.4. The first-order valence-electron chi connectivity index (χ1n) is 8.06. The fourth-order valence-electron chi connectivity index (χ4n) is 2.97. The fraction of sp³-hybridized carbons (Fsp3) is 0.278. The number of nitro benzene ring substituents is 1. The highest BCUT2D eigenvalue weighted by molar-refractivity contribution is 6.31. The highest BCUT2D eigenvalue weighted by Gasteiger charge is 2.23. The molecule has 1 aliphatic rings. The number of benzene rings is 2. The second-order valence-electron chi connectivity index (χ2n) is 6.07. The SMILES string of the molecule is Cc1ccc(Cl)cc1NC(=O)c1cc([N+](=O)[O-])ccc1N1CCCC1. The summed E-state index contributed by atoms with van der Waals surface area (Å²) in [7, 11) is 0. The maximum atomic E-state index is 12.8. The van der Waals surface area contributed by atoms with Gasteiger partial charge < -0.3 is 10.2 Å². The molecular weight excluding hydrogens is 342 g/mol. The quantitative estimate of drug-likeness (QED) is 0.648. The molecule has 0 atom stereocenters. The Bertz CT molecular complexity index is 832. The number of anilines is 2. The van der Waals surface area contributed by atoms with Crippen molar-refractivity contribution in [3.8, 4) is 0 Å². The van der Waals surface area contributed by atoms with E-state index >= 15 is 0 Å². The topological polar surface area (TPSA) is 75.5 Å². The Balaban J connectivity index is 1.97. The van der Waals surface area contributed by atoms with Crippen LogP contribution in [0.5, 0.6) is 0 Å². The van der Waals surface area contributed by atoms with Gasteiger partial charge in [0.25, 0.3) is 11.6 Å². The fourth-order valence-corrected chi connectivity index (χ4v) is 3.14. The molecule has 0 bridgehead atoms. The molecule has 1 aliphatic heterocycles. The first-order valence-corrected chi connectivity index (χ1v) is 8.44. The van der Waals surface area contributed by atoms with E-state index in [1.807, 2.05) is 13.0 Å². The molecule has 1 amide bonds. The van der Waals surface area contributed by atoms with Crippen LogP contribution >= 0.6 is 11.6 Å². The van der Waals surface area contributed by atoms with Crippen molar-refractivity contribution in [1.82, 2.24) is 0 Å². The summed E-state index contributed by atoms with van der Waals surface area (Å²) in [6.07, 6.45) is 2.09. The van der Waals surface area contributed by atoms with Crippen LogP contribution in [0.3, 0.4) is 0 Å². The minimum atomic E-state index is -0.491. The van der Waals surface area contributed by atoms with Crippen molar-refractivity contribution in [2.24, 2.45) is 0 Å². The maximum absolute atomic E-state index is 12.8. The van der Waals surface area contributed by atoms with Crippen molar-refractivity contribution < 1.29 is 9.72 Å². The third-order valence-electron chi connectivity index (χ3n) is 4.33. The highest BCUT2D eigenvalue weighted by atomic mass is 35.5. The molecule has 7 heteroatoms. The highest BCUT2D eigenvalue weighted by Crippen LogP contribution is 2.30. The molecular formula is C18H18ClN3O3. The first-order chi connectivity index (χ1) is 12.0. The Labute approximate surface area is 150 Å². The molecule has 0 aliphatic carbocycles. The lowest BCUT2D eigenvalue weighted by atomic mass is 10.1. The van der Waals surface area contributed by atoms with Gasteiger partial charge in [-0.1, -0.05) is 17.7 Å². The second kappa shape index (κ2) is 7.11. The van der Waals surface area contributed by atoms with Gasteiger partial charge in [0.2, 0.25) is 0 Å². The number of carbonyl (C=O) groups is 1. The van der Waals surface area contributed by atoms with Gasteiger partial charge in [0.05, 0.1) is 16.2 Å². The van der Waals surface area contributed by atoms with E-state index in [1.165, 1.54) is 12.1 Å². The maximum Gasteiger partial charge on any atom is 0.270 e.